The second-order valence-electron chi connectivity index (χ2n) is 6.85. The molecular formula is C16H19BrN2O3. The molecule has 1 saturated heterocycles. The minimum atomic E-state index is -0.674. The average Bonchev–Trinajstić information content (AvgIpc) is 2.93. The van der Waals surface area contributed by atoms with Gasteiger partial charge in [0.05, 0.1) is 5.41 Å². The second kappa shape index (κ2) is 4.98. The Morgan fingerprint density at radius 3 is 2.82 bits per heavy atom. The summed E-state index contributed by atoms with van der Waals surface area (Å²) < 4.78 is 6.32. The van der Waals surface area contributed by atoms with E-state index in [-0.39, 0.29) is 12.0 Å². The quantitative estimate of drug-likeness (QED) is 0.766. The molecule has 22 heavy (non-hydrogen) atoms. The van der Waals surface area contributed by atoms with Crippen LogP contribution < -0.4 is 5.32 Å². The van der Waals surface area contributed by atoms with E-state index in [1.165, 1.54) is 0 Å². The first kappa shape index (κ1) is 15.3. The number of hydrogen-bond donors (Lipinski definition) is 1. The highest BCUT2D eigenvalue weighted by Crippen LogP contribution is 2.47. The fraction of sp³-hybridized carbons (Fsp3) is 0.500. The van der Waals surface area contributed by atoms with Crippen LogP contribution in [-0.2, 0) is 14.9 Å². The molecule has 0 aromatic heterocycles. The largest absolute Gasteiger partial charge is 0.444 e. The Kier molecular flexibility index (Phi) is 3.47. The van der Waals surface area contributed by atoms with Gasteiger partial charge in [-0.05, 0) is 39.3 Å². The third-order valence-electron chi connectivity index (χ3n) is 4.10. The number of carbonyl (C=O) groups is 2. The summed E-state index contributed by atoms with van der Waals surface area (Å²) in [5.74, 6) is -0.0412. The van der Waals surface area contributed by atoms with Crippen LogP contribution in [0.25, 0.3) is 0 Å². The molecule has 1 atom stereocenters. The van der Waals surface area contributed by atoms with E-state index in [1.54, 1.807) is 4.90 Å². The first-order chi connectivity index (χ1) is 10.2. The standard InChI is InChI=1S/C16H19BrN2O3/c1-15(2,3)22-14(21)19-8-7-16(9-19)12-10(17)5-4-6-11(12)18-13(16)20/h4-6H,7-9H2,1-3H3,(H,18,20)/t16-/m1/s1. The van der Waals surface area contributed by atoms with Crippen molar-refractivity contribution in [1.82, 2.24) is 4.90 Å². The average molecular weight is 367 g/mol. The van der Waals surface area contributed by atoms with Crippen molar-refractivity contribution in [3.63, 3.8) is 0 Å². The summed E-state index contributed by atoms with van der Waals surface area (Å²) in [6.45, 7) is 6.38. The van der Waals surface area contributed by atoms with E-state index in [0.717, 1.165) is 15.7 Å². The van der Waals surface area contributed by atoms with E-state index < -0.39 is 11.0 Å². The van der Waals surface area contributed by atoms with Crippen LogP contribution in [0, 0.1) is 0 Å². The van der Waals surface area contributed by atoms with Crippen LogP contribution in [0.4, 0.5) is 10.5 Å². The zero-order valence-electron chi connectivity index (χ0n) is 12.9. The lowest BCUT2D eigenvalue weighted by molar-refractivity contribution is -0.120. The van der Waals surface area contributed by atoms with Crippen molar-refractivity contribution in [2.24, 2.45) is 0 Å². The zero-order chi connectivity index (χ0) is 16.1. The molecule has 1 N–H and O–H groups in total. The van der Waals surface area contributed by atoms with Crippen molar-refractivity contribution in [1.29, 1.82) is 0 Å². The number of rotatable bonds is 0. The number of hydrogen-bond acceptors (Lipinski definition) is 3. The minimum Gasteiger partial charge on any atom is -0.444 e. The van der Waals surface area contributed by atoms with Gasteiger partial charge in [0.15, 0.2) is 0 Å². The van der Waals surface area contributed by atoms with Crippen LogP contribution in [0.1, 0.15) is 32.8 Å². The van der Waals surface area contributed by atoms with Crippen LogP contribution in [0.3, 0.4) is 0 Å². The summed E-state index contributed by atoms with van der Waals surface area (Å²) in [6, 6.07) is 5.71. The Hall–Kier alpha value is -1.56. The number of nitrogens with one attached hydrogen (secondary N) is 1. The number of likely N-dealkylation sites (tertiary alicyclic amines) is 1. The molecule has 118 valence electrons. The number of benzene rings is 1. The third kappa shape index (κ3) is 2.39. The van der Waals surface area contributed by atoms with Gasteiger partial charge in [0, 0.05) is 28.8 Å². The van der Waals surface area contributed by atoms with E-state index in [0.29, 0.717) is 19.5 Å². The third-order valence-corrected chi connectivity index (χ3v) is 4.76. The zero-order valence-corrected chi connectivity index (χ0v) is 14.5. The van der Waals surface area contributed by atoms with Crippen molar-refractivity contribution in [2.45, 2.75) is 38.2 Å². The van der Waals surface area contributed by atoms with Crippen LogP contribution in [0.5, 0.6) is 0 Å². The van der Waals surface area contributed by atoms with Gasteiger partial charge in [0.1, 0.15) is 5.60 Å². The monoisotopic (exact) mass is 366 g/mol. The highest BCUT2D eigenvalue weighted by molar-refractivity contribution is 9.10. The highest BCUT2D eigenvalue weighted by atomic mass is 79.9. The van der Waals surface area contributed by atoms with E-state index in [4.69, 9.17) is 4.74 Å². The van der Waals surface area contributed by atoms with Gasteiger partial charge in [-0.15, -0.1) is 0 Å². The van der Waals surface area contributed by atoms with Gasteiger partial charge < -0.3 is 15.0 Å². The molecular weight excluding hydrogens is 348 g/mol. The van der Waals surface area contributed by atoms with Crippen molar-refractivity contribution in [3.8, 4) is 0 Å². The molecule has 1 spiro atoms. The molecule has 0 bridgehead atoms. The number of anilines is 1. The van der Waals surface area contributed by atoms with E-state index in [9.17, 15) is 9.59 Å². The molecule has 5 nitrogen and oxygen atoms in total. The van der Waals surface area contributed by atoms with E-state index in [1.807, 2.05) is 39.0 Å². The maximum Gasteiger partial charge on any atom is 0.410 e. The number of fused-ring (bicyclic) bond motifs is 2. The second-order valence-corrected chi connectivity index (χ2v) is 7.70. The summed E-state index contributed by atoms with van der Waals surface area (Å²) in [5, 5.41) is 2.93. The molecule has 1 aromatic rings. The van der Waals surface area contributed by atoms with Gasteiger partial charge in [-0.1, -0.05) is 22.0 Å². The number of nitrogens with zero attached hydrogens (tertiary/aromatic N) is 1. The first-order valence-electron chi connectivity index (χ1n) is 7.31. The molecule has 0 radical (unpaired) electrons. The predicted molar refractivity (Wildman–Crippen MR) is 86.9 cm³/mol. The fourth-order valence-electron chi connectivity index (χ4n) is 3.15. The Morgan fingerprint density at radius 2 is 2.14 bits per heavy atom. The molecule has 0 saturated carbocycles. The topological polar surface area (TPSA) is 58.6 Å². The molecule has 6 heteroatoms. The number of ether oxygens (including phenoxy) is 1. The molecule has 2 amide bonds. The summed E-state index contributed by atoms with van der Waals surface area (Å²) in [5.41, 5.74) is 0.562. The van der Waals surface area contributed by atoms with Gasteiger partial charge in [-0.2, -0.15) is 0 Å². The maximum absolute atomic E-state index is 12.6. The normalized spacial score (nSPS) is 23.6. The van der Waals surface area contributed by atoms with Crippen molar-refractivity contribution in [3.05, 3.63) is 28.2 Å². The van der Waals surface area contributed by atoms with Crippen molar-refractivity contribution < 1.29 is 14.3 Å². The smallest absolute Gasteiger partial charge is 0.410 e. The van der Waals surface area contributed by atoms with Gasteiger partial charge >= 0.3 is 6.09 Å². The van der Waals surface area contributed by atoms with E-state index >= 15 is 0 Å². The van der Waals surface area contributed by atoms with Crippen LogP contribution in [-0.4, -0.2) is 35.6 Å². The molecule has 0 unspecified atom stereocenters. The minimum absolute atomic E-state index is 0.0412. The van der Waals surface area contributed by atoms with Crippen molar-refractivity contribution >= 4 is 33.6 Å². The summed E-state index contributed by atoms with van der Waals surface area (Å²) >= 11 is 3.54. The Morgan fingerprint density at radius 1 is 1.41 bits per heavy atom. The Balaban J connectivity index is 1.89. The lowest BCUT2D eigenvalue weighted by atomic mass is 9.81. The highest BCUT2D eigenvalue weighted by Gasteiger charge is 2.53. The number of halogens is 1. The van der Waals surface area contributed by atoms with Crippen LogP contribution in [0.2, 0.25) is 0 Å². The molecule has 2 aliphatic heterocycles. The first-order valence-corrected chi connectivity index (χ1v) is 8.11. The molecule has 2 aliphatic rings. The van der Waals surface area contributed by atoms with Gasteiger partial charge in [0.2, 0.25) is 5.91 Å². The molecule has 1 aromatic carbocycles. The molecule has 0 aliphatic carbocycles. The molecule has 1 fully saturated rings. The lowest BCUT2D eigenvalue weighted by Crippen LogP contribution is -2.41. The van der Waals surface area contributed by atoms with Gasteiger partial charge in [-0.25, -0.2) is 4.79 Å². The van der Waals surface area contributed by atoms with Crippen LogP contribution >= 0.6 is 15.9 Å². The molecule has 3 rings (SSSR count). The summed E-state index contributed by atoms with van der Waals surface area (Å²) in [6.07, 6.45) is 0.242. The number of carbonyl (C=O) groups excluding carboxylic acids is 2. The maximum atomic E-state index is 12.6. The predicted octanol–water partition coefficient (Wildman–Crippen LogP) is 3.28. The Bertz CT molecular complexity index is 653. The summed E-state index contributed by atoms with van der Waals surface area (Å²) in [7, 11) is 0. The fourth-order valence-corrected chi connectivity index (χ4v) is 3.90. The van der Waals surface area contributed by atoms with E-state index in [2.05, 4.69) is 21.2 Å². The SMILES string of the molecule is CC(C)(C)OC(=O)N1CC[C@]2(C1)C(=O)Nc1cccc(Br)c12. The molecule has 2 heterocycles. The lowest BCUT2D eigenvalue weighted by Gasteiger charge is -2.26. The van der Waals surface area contributed by atoms with Crippen molar-refractivity contribution in [2.75, 3.05) is 18.4 Å². The number of amides is 2. The Labute approximate surface area is 138 Å². The van der Waals surface area contributed by atoms with Gasteiger partial charge in [-0.3, -0.25) is 4.79 Å². The van der Waals surface area contributed by atoms with Gasteiger partial charge in [0.25, 0.3) is 0 Å². The summed E-state index contributed by atoms with van der Waals surface area (Å²) in [4.78, 5) is 26.4. The van der Waals surface area contributed by atoms with Crippen LogP contribution in [0.15, 0.2) is 22.7 Å².